The molecule has 120 valence electrons. The van der Waals surface area contributed by atoms with Crippen molar-refractivity contribution in [2.45, 2.75) is 19.4 Å². The Balaban J connectivity index is 2.10. The molecular formula is C19H20FNO2. The van der Waals surface area contributed by atoms with E-state index < -0.39 is 0 Å². The minimum absolute atomic E-state index is 0.0133. The Kier molecular flexibility index (Phi) is 6.06. The first-order valence-electron chi connectivity index (χ1n) is 7.50. The fourth-order valence-electron chi connectivity index (χ4n) is 2.28. The Morgan fingerprint density at radius 1 is 1.17 bits per heavy atom. The summed E-state index contributed by atoms with van der Waals surface area (Å²) >= 11 is 0. The van der Waals surface area contributed by atoms with Gasteiger partial charge in [0.2, 0.25) is 5.91 Å². The van der Waals surface area contributed by atoms with Crippen LogP contribution in [0.15, 0.2) is 60.2 Å². The fourth-order valence-corrected chi connectivity index (χ4v) is 2.28. The molecule has 2 N–H and O–H groups in total. The van der Waals surface area contributed by atoms with Crippen LogP contribution in [0.5, 0.6) is 0 Å². The van der Waals surface area contributed by atoms with Gasteiger partial charge < -0.3 is 10.4 Å². The summed E-state index contributed by atoms with van der Waals surface area (Å²) in [5.41, 5.74) is 2.23. The lowest BCUT2D eigenvalue weighted by molar-refractivity contribution is -0.118. The standard InChI is InChI=1S/C19H20FNO2/c1-14(13-15-7-9-17(20)10-8-15)19(23)21-18(11-12-22)16-5-3-2-4-6-16/h2-10,13,18,22H,11-12H2,1H3,(H,21,23)/b14-13-. The molecule has 23 heavy (non-hydrogen) atoms. The van der Waals surface area contributed by atoms with Gasteiger partial charge >= 0.3 is 0 Å². The van der Waals surface area contributed by atoms with Crippen LogP contribution < -0.4 is 5.32 Å². The zero-order chi connectivity index (χ0) is 16.7. The fraction of sp³-hybridized carbons (Fsp3) is 0.211. The second-order valence-electron chi connectivity index (χ2n) is 5.33. The van der Waals surface area contributed by atoms with Crippen LogP contribution >= 0.6 is 0 Å². The van der Waals surface area contributed by atoms with Gasteiger partial charge in [0.15, 0.2) is 0 Å². The number of rotatable bonds is 6. The molecule has 4 heteroatoms. The number of amides is 1. The van der Waals surface area contributed by atoms with Crippen LogP contribution in [-0.2, 0) is 4.79 Å². The van der Waals surface area contributed by atoms with E-state index in [1.54, 1.807) is 25.1 Å². The summed E-state index contributed by atoms with van der Waals surface area (Å²) in [5, 5.41) is 12.1. The molecule has 0 radical (unpaired) electrons. The molecule has 0 aliphatic carbocycles. The van der Waals surface area contributed by atoms with E-state index in [1.807, 2.05) is 30.3 Å². The zero-order valence-electron chi connectivity index (χ0n) is 13.0. The highest BCUT2D eigenvalue weighted by atomic mass is 19.1. The summed E-state index contributed by atoms with van der Waals surface area (Å²) in [6, 6.07) is 15.2. The van der Waals surface area contributed by atoms with Crippen molar-refractivity contribution in [3.8, 4) is 0 Å². The second-order valence-corrected chi connectivity index (χ2v) is 5.33. The SMILES string of the molecule is C/C(=C/c1ccc(F)cc1)C(=O)NC(CCO)c1ccccc1. The lowest BCUT2D eigenvalue weighted by atomic mass is 10.0. The summed E-state index contributed by atoms with van der Waals surface area (Å²) in [6.07, 6.45) is 2.15. The number of hydrogen-bond acceptors (Lipinski definition) is 2. The minimum atomic E-state index is -0.309. The Morgan fingerprint density at radius 3 is 2.43 bits per heavy atom. The molecule has 0 aromatic heterocycles. The Bertz CT molecular complexity index is 666. The molecule has 2 aromatic carbocycles. The van der Waals surface area contributed by atoms with Gasteiger partial charge in [0.1, 0.15) is 5.82 Å². The number of nitrogens with one attached hydrogen (secondary N) is 1. The van der Waals surface area contributed by atoms with Gasteiger partial charge in [-0.3, -0.25) is 4.79 Å². The van der Waals surface area contributed by atoms with E-state index in [9.17, 15) is 14.3 Å². The molecular weight excluding hydrogens is 293 g/mol. The quantitative estimate of drug-likeness (QED) is 0.802. The van der Waals surface area contributed by atoms with E-state index >= 15 is 0 Å². The molecule has 1 atom stereocenters. The van der Waals surface area contributed by atoms with E-state index in [2.05, 4.69) is 5.32 Å². The lowest BCUT2D eigenvalue weighted by Crippen LogP contribution is -2.29. The predicted octanol–water partition coefficient (Wildman–Crippen LogP) is 3.47. The Morgan fingerprint density at radius 2 is 1.83 bits per heavy atom. The van der Waals surface area contributed by atoms with E-state index in [0.717, 1.165) is 11.1 Å². The topological polar surface area (TPSA) is 49.3 Å². The summed E-state index contributed by atoms with van der Waals surface area (Å²) in [4.78, 5) is 12.3. The number of benzene rings is 2. The summed E-state index contributed by atoms with van der Waals surface area (Å²) in [6.45, 7) is 1.69. The predicted molar refractivity (Wildman–Crippen MR) is 89.1 cm³/mol. The van der Waals surface area contributed by atoms with E-state index in [0.29, 0.717) is 12.0 Å². The molecule has 0 spiro atoms. The first-order valence-corrected chi connectivity index (χ1v) is 7.50. The van der Waals surface area contributed by atoms with Crippen LogP contribution in [0.1, 0.15) is 30.5 Å². The molecule has 0 aliphatic rings. The molecule has 0 saturated carbocycles. The third-order valence-corrected chi connectivity index (χ3v) is 3.54. The van der Waals surface area contributed by atoms with Gasteiger partial charge in [-0.1, -0.05) is 42.5 Å². The number of aliphatic hydroxyl groups excluding tert-OH is 1. The van der Waals surface area contributed by atoms with Crippen LogP contribution in [0.2, 0.25) is 0 Å². The van der Waals surface area contributed by atoms with Gasteiger partial charge in [-0.2, -0.15) is 0 Å². The van der Waals surface area contributed by atoms with E-state index in [1.165, 1.54) is 12.1 Å². The van der Waals surface area contributed by atoms with Crippen molar-refractivity contribution in [3.05, 3.63) is 77.1 Å². The molecule has 3 nitrogen and oxygen atoms in total. The van der Waals surface area contributed by atoms with Gasteiger partial charge in [-0.05, 0) is 42.7 Å². The van der Waals surface area contributed by atoms with Crippen molar-refractivity contribution >= 4 is 12.0 Å². The largest absolute Gasteiger partial charge is 0.396 e. The average molecular weight is 313 g/mol. The van der Waals surface area contributed by atoms with E-state index in [-0.39, 0.29) is 24.4 Å². The van der Waals surface area contributed by atoms with Crippen LogP contribution in [0.25, 0.3) is 6.08 Å². The summed E-state index contributed by atoms with van der Waals surface area (Å²) < 4.78 is 12.9. The first-order chi connectivity index (χ1) is 11.1. The van der Waals surface area contributed by atoms with Crippen molar-refractivity contribution in [1.82, 2.24) is 5.32 Å². The van der Waals surface area contributed by atoms with Gasteiger partial charge in [0.25, 0.3) is 0 Å². The monoisotopic (exact) mass is 313 g/mol. The number of aliphatic hydroxyl groups is 1. The van der Waals surface area contributed by atoms with Crippen LogP contribution in [-0.4, -0.2) is 17.6 Å². The van der Waals surface area contributed by atoms with Crippen molar-refractivity contribution < 1.29 is 14.3 Å². The molecule has 1 unspecified atom stereocenters. The molecule has 2 aromatic rings. The molecule has 2 rings (SSSR count). The first kappa shape index (κ1) is 16.9. The molecule has 0 fully saturated rings. The van der Waals surface area contributed by atoms with Crippen LogP contribution in [0, 0.1) is 5.82 Å². The third kappa shape index (κ3) is 5.04. The highest BCUT2D eigenvalue weighted by molar-refractivity contribution is 5.97. The smallest absolute Gasteiger partial charge is 0.247 e. The van der Waals surface area contributed by atoms with Gasteiger partial charge in [0, 0.05) is 12.2 Å². The maximum absolute atomic E-state index is 12.9. The molecule has 0 aliphatic heterocycles. The summed E-state index contributed by atoms with van der Waals surface area (Å²) in [7, 11) is 0. The highest BCUT2D eigenvalue weighted by Crippen LogP contribution is 2.17. The van der Waals surface area contributed by atoms with Crippen molar-refractivity contribution in [2.24, 2.45) is 0 Å². The maximum Gasteiger partial charge on any atom is 0.247 e. The minimum Gasteiger partial charge on any atom is -0.396 e. The van der Waals surface area contributed by atoms with Gasteiger partial charge in [-0.15, -0.1) is 0 Å². The molecule has 0 heterocycles. The van der Waals surface area contributed by atoms with Crippen molar-refractivity contribution in [3.63, 3.8) is 0 Å². The summed E-state index contributed by atoms with van der Waals surface area (Å²) in [5.74, 6) is -0.520. The normalized spacial score (nSPS) is 12.7. The number of carbonyl (C=O) groups is 1. The van der Waals surface area contributed by atoms with Crippen LogP contribution in [0.3, 0.4) is 0 Å². The Labute approximate surface area is 135 Å². The average Bonchev–Trinajstić information content (AvgIpc) is 2.57. The lowest BCUT2D eigenvalue weighted by Gasteiger charge is -2.18. The highest BCUT2D eigenvalue weighted by Gasteiger charge is 2.14. The molecule has 1 amide bonds. The second kappa shape index (κ2) is 8.25. The Hall–Kier alpha value is -2.46. The number of hydrogen-bond donors (Lipinski definition) is 2. The number of carbonyl (C=O) groups excluding carboxylic acids is 1. The van der Waals surface area contributed by atoms with Crippen molar-refractivity contribution in [1.29, 1.82) is 0 Å². The molecule has 0 saturated heterocycles. The zero-order valence-corrected chi connectivity index (χ0v) is 13.0. The number of halogens is 1. The molecule has 0 bridgehead atoms. The van der Waals surface area contributed by atoms with E-state index in [4.69, 9.17) is 0 Å². The maximum atomic E-state index is 12.9. The van der Waals surface area contributed by atoms with Gasteiger partial charge in [0.05, 0.1) is 6.04 Å². The third-order valence-electron chi connectivity index (χ3n) is 3.54. The van der Waals surface area contributed by atoms with Crippen LogP contribution in [0.4, 0.5) is 4.39 Å². The van der Waals surface area contributed by atoms with Gasteiger partial charge in [-0.25, -0.2) is 4.39 Å². The van der Waals surface area contributed by atoms with Crippen molar-refractivity contribution in [2.75, 3.05) is 6.61 Å².